The molecule has 2 heterocycles. The number of rotatable bonds is 6. The standard InChI is InChI=1S/C24H26N4O2/c1-27-16-22(14-25-27)26-23(29)17-28-13-5-8-21(15-28)24(30)20-11-9-19(10-12-20)18-6-3-2-4-7-18/h2-4,6-7,9-12,14,16,21H,5,8,13,15,17H2,1H3,(H,26,29). The van der Waals surface area contributed by atoms with E-state index in [1.54, 1.807) is 17.1 Å². The van der Waals surface area contributed by atoms with Crippen LogP contribution in [-0.4, -0.2) is 46.0 Å². The Morgan fingerprint density at radius 3 is 2.50 bits per heavy atom. The van der Waals surface area contributed by atoms with E-state index in [1.165, 1.54) is 0 Å². The van der Waals surface area contributed by atoms with Gasteiger partial charge in [-0.25, -0.2) is 0 Å². The topological polar surface area (TPSA) is 67.2 Å². The molecular formula is C24H26N4O2. The molecule has 1 aliphatic heterocycles. The fraction of sp³-hybridized carbons (Fsp3) is 0.292. The number of carbonyl (C=O) groups excluding carboxylic acids is 2. The summed E-state index contributed by atoms with van der Waals surface area (Å²) in [4.78, 5) is 27.4. The Balaban J connectivity index is 1.35. The number of anilines is 1. The van der Waals surface area contributed by atoms with Crippen molar-refractivity contribution in [3.8, 4) is 11.1 Å². The lowest BCUT2D eigenvalue weighted by Crippen LogP contribution is -2.42. The van der Waals surface area contributed by atoms with Gasteiger partial charge < -0.3 is 5.32 Å². The van der Waals surface area contributed by atoms with E-state index >= 15 is 0 Å². The van der Waals surface area contributed by atoms with Gasteiger partial charge in [-0.15, -0.1) is 0 Å². The number of amides is 1. The molecule has 1 unspecified atom stereocenters. The number of benzene rings is 2. The molecule has 1 aromatic heterocycles. The molecule has 0 bridgehead atoms. The summed E-state index contributed by atoms with van der Waals surface area (Å²) < 4.78 is 1.65. The van der Waals surface area contributed by atoms with E-state index < -0.39 is 0 Å². The number of hydrogen-bond acceptors (Lipinski definition) is 4. The van der Waals surface area contributed by atoms with Crippen LogP contribution in [0.4, 0.5) is 5.69 Å². The zero-order valence-corrected chi connectivity index (χ0v) is 17.1. The van der Waals surface area contributed by atoms with Crippen molar-refractivity contribution < 1.29 is 9.59 Å². The van der Waals surface area contributed by atoms with Crippen molar-refractivity contribution in [1.82, 2.24) is 14.7 Å². The number of carbonyl (C=O) groups is 2. The van der Waals surface area contributed by atoms with Crippen LogP contribution in [0.1, 0.15) is 23.2 Å². The molecule has 30 heavy (non-hydrogen) atoms. The van der Waals surface area contributed by atoms with Gasteiger partial charge in [0.1, 0.15) is 0 Å². The summed E-state index contributed by atoms with van der Waals surface area (Å²) in [6, 6.07) is 18.0. The SMILES string of the molecule is Cn1cc(NC(=O)CN2CCCC(C(=O)c3ccc(-c4ccccc4)cc3)C2)cn1. The zero-order chi connectivity index (χ0) is 20.9. The van der Waals surface area contributed by atoms with Crippen LogP contribution < -0.4 is 5.32 Å². The summed E-state index contributed by atoms with van der Waals surface area (Å²) in [7, 11) is 1.81. The van der Waals surface area contributed by atoms with Crippen molar-refractivity contribution in [2.45, 2.75) is 12.8 Å². The summed E-state index contributed by atoms with van der Waals surface area (Å²) in [5.41, 5.74) is 3.66. The van der Waals surface area contributed by atoms with Crippen molar-refractivity contribution in [3.63, 3.8) is 0 Å². The molecule has 4 rings (SSSR count). The molecule has 1 saturated heterocycles. The van der Waals surface area contributed by atoms with Crippen LogP contribution in [0.3, 0.4) is 0 Å². The third kappa shape index (κ3) is 4.83. The normalized spacial score (nSPS) is 16.9. The molecule has 2 aromatic carbocycles. The van der Waals surface area contributed by atoms with Crippen LogP contribution >= 0.6 is 0 Å². The maximum absolute atomic E-state index is 13.0. The molecular weight excluding hydrogens is 376 g/mol. The molecule has 0 spiro atoms. The lowest BCUT2D eigenvalue weighted by Gasteiger charge is -2.31. The van der Waals surface area contributed by atoms with Gasteiger partial charge >= 0.3 is 0 Å². The van der Waals surface area contributed by atoms with Gasteiger partial charge in [-0.1, -0.05) is 54.6 Å². The molecule has 3 aromatic rings. The minimum Gasteiger partial charge on any atom is -0.322 e. The van der Waals surface area contributed by atoms with E-state index in [4.69, 9.17) is 0 Å². The Labute approximate surface area is 176 Å². The van der Waals surface area contributed by atoms with Crippen molar-refractivity contribution >= 4 is 17.4 Å². The number of nitrogens with one attached hydrogen (secondary N) is 1. The molecule has 0 radical (unpaired) electrons. The predicted molar refractivity (Wildman–Crippen MR) is 117 cm³/mol. The smallest absolute Gasteiger partial charge is 0.238 e. The van der Waals surface area contributed by atoms with Crippen LogP contribution in [0.2, 0.25) is 0 Å². The number of Topliss-reactive ketones (excluding diaryl/α,β-unsaturated/α-hetero) is 1. The summed E-state index contributed by atoms with van der Waals surface area (Å²) in [6.45, 7) is 1.72. The molecule has 6 heteroatoms. The van der Waals surface area contributed by atoms with Crippen molar-refractivity contribution in [1.29, 1.82) is 0 Å². The van der Waals surface area contributed by atoms with Crippen LogP contribution in [0.15, 0.2) is 67.0 Å². The summed E-state index contributed by atoms with van der Waals surface area (Å²) in [5.74, 6) is 0.00260. The minimum atomic E-state index is -0.0803. The number of hydrogen-bond donors (Lipinski definition) is 1. The number of piperidine rings is 1. The van der Waals surface area contributed by atoms with E-state index in [2.05, 4.69) is 27.4 Å². The predicted octanol–water partition coefficient (Wildman–Crippen LogP) is 3.62. The Hall–Kier alpha value is -3.25. The first-order chi connectivity index (χ1) is 14.6. The minimum absolute atomic E-state index is 0.0764. The van der Waals surface area contributed by atoms with Gasteiger partial charge in [0.05, 0.1) is 18.4 Å². The third-order valence-electron chi connectivity index (χ3n) is 5.51. The molecule has 1 aliphatic rings. The third-order valence-corrected chi connectivity index (χ3v) is 5.51. The lowest BCUT2D eigenvalue weighted by molar-refractivity contribution is -0.117. The fourth-order valence-corrected chi connectivity index (χ4v) is 4.00. The largest absolute Gasteiger partial charge is 0.322 e. The summed E-state index contributed by atoms with van der Waals surface area (Å²) >= 11 is 0. The molecule has 1 atom stereocenters. The van der Waals surface area contributed by atoms with Gasteiger partial charge in [-0.05, 0) is 30.5 Å². The van der Waals surface area contributed by atoms with Crippen molar-refractivity contribution in [3.05, 3.63) is 72.6 Å². The molecule has 0 saturated carbocycles. The highest BCUT2D eigenvalue weighted by molar-refractivity contribution is 5.98. The number of nitrogens with zero attached hydrogens (tertiary/aromatic N) is 3. The Morgan fingerprint density at radius 1 is 1.07 bits per heavy atom. The van der Waals surface area contributed by atoms with Crippen LogP contribution in [0, 0.1) is 5.92 Å². The molecule has 154 valence electrons. The second-order valence-electron chi connectivity index (χ2n) is 7.83. The quantitative estimate of drug-likeness (QED) is 0.640. The molecule has 6 nitrogen and oxygen atoms in total. The van der Waals surface area contributed by atoms with E-state index in [-0.39, 0.29) is 24.2 Å². The molecule has 1 N–H and O–H groups in total. The molecule has 1 amide bonds. The van der Waals surface area contributed by atoms with Gasteiger partial charge in [0.25, 0.3) is 0 Å². The maximum Gasteiger partial charge on any atom is 0.238 e. The lowest BCUT2D eigenvalue weighted by atomic mass is 9.89. The highest BCUT2D eigenvalue weighted by Crippen LogP contribution is 2.24. The van der Waals surface area contributed by atoms with E-state index in [1.807, 2.05) is 49.5 Å². The van der Waals surface area contributed by atoms with Crippen molar-refractivity contribution in [2.75, 3.05) is 25.0 Å². The van der Waals surface area contributed by atoms with Crippen LogP contribution in [-0.2, 0) is 11.8 Å². The highest BCUT2D eigenvalue weighted by atomic mass is 16.2. The van der Waals surface area contributed by atoms with E-state index in [9.17, 15) is 9.59 Å². The second-order valence-corrected chi connectivity index (χ2v) is 7.83. The Bertz CT molecular complexity index is 1010. The van der Waals surface area contributed by atoms with Crippen LogP contribution in [0.5, 0.6) is 0 Å². The zero-order valence-electron chi connectivity index (χ0n) is 17.1. The molecule has 1 fully saturated rings. The number of aromatic nitrogens is 2. The summed E-state index contributed by atoms with van der Waals surface area (Å²) in [5, 5.41) is 6.91. The number of ketones is 1. The summed E-state index contributed by atoms with van der Waals surface area (Å²) in [6.07, 6.45) is 5.16. The molecule has 0 aliphatic carbocycles. The first-order valence-electron chi connectivity index (χ1n) is 10.3. The Kier molecular flexibility index (Phi) is 6.05. The number of likely N-dealkylation sites (tertiary alicyclic amines) is 1. The maximum atomic E-state index is 13.0. The van der Waals surface area contributed by atoms with Gasteiger partial charge in [0.15, 0.2) is 5.78 Å². The fourth-order valence-electron chi connectivity index (χ4n) is 4.00. The Morgan fingerprint density at radius 2 is 1.80 bits per heavy atom. The average Bonchev–Trinajstić information content (AvgIpc) is 3.18. The van der Waals surface area contributed by atoms with Gasteiger partial charge in [-0.3, -0.25) is 19.2 Å². The van der Waals surface area contributed by atoms with Crippen LogP contribution in [0.25, 0.3) is 11.1 Å². The highest BCUT2D eigenvalue weighted by Gasteiger charge is 2.27. The van der Waals surface area contributed by atoms with Gasteiger partial charge in [-0.2, -0.15) is 5.10 Å². The van der Waals surface area contributed by atoms with E-state index in [0.717, 1.165) is 36.1 Å². The monoisotopic (exact) mass is 402 g/mol. The average molecular weight is 402 g/mol. The second kappa shape index (κ2) is 9.05. The first kappa shape index (κ1) is 20.0. The first-order valence-corrected chi connectivity index (χ1v) is 10.3. The number of aryl methyl sites for hydroxylation is 1. The van der Waals surface area contributed by atoms with Crippen molar-refractivity contribution in [2.24, 2.45) is 13.0 Å². The van der Waals surface area contributed by atoms with E-state index in [0.29, 0.717) is 12.2 Å². The van der Waals surface area contributed by atoms with Gasteiger partial charge in [0.2, 0.25) is 5.91 Å². The van der Waals surface area contributed by atoms with Gasteiger partial charge in [0, 0.05) is 31.3 Å².